The first-order chi connectivity index (χ1) is 7.37. The molecule has 0 fully saturated rings. The van der Waals surface area contributed by atoms with Crippen LogP contribution in [0, 0.1) is 0 Å². The predicted molar refractivity (Wildman–Crippen MR) is 69.8 cm³/mol. The SMILES string of the molecule is CCN(Cc1cc(Br)cs1)C(C)(C)C(=O)O. The van der Waals surface area contributed by atoms with Gasteiger partial charge in [-0.15, -0.1) is 11.3 Å². The second-order valence-electron chi connectivity index (χ2n) is 4.11. The summed E-state index contributed by atoms with van der Waals surface area (Å²) in [7, 11) is 0. The van der Waals surface area contributed by atoms with Gasteiger partial charge in [0.05, 0.1) is 0 Å². The molecule has 0 spiro atoms. The predicted octanol–water partition coefficient (Wildman–Crippen LogP) is 3.20. The van der Waals surface area contributed by atoms with Gasteiger partial charge in [0.25, 0.3) is 0 Å². The summed E-state index contributed by atoms with van der Waals surface area (Å²) in [5.41, 5.74) is -0.828. The lowest BCUT2D eigenvalue weighted by Crippen LogP contribution is -2.49. The monoisotopic (exact) mass is 305 g/mol. The van der Waals surface area contributed by atoms with E-state index in [4.69, 9.17) is 0 Å². The fraction of sp³-hybridized carbons (Fsp3) is 0.545. The zero-order chi connectivity index (χ0) is 12.3. The van der Waals surface area contributed by atoms with Gasteiger partial charge in [-0.2, -0.15) is 0 Å². The summed E-state index contributed by atoms with van der Waals surface area (Å²) in [5, 5.41) is 11.2. The van der Waals surface area contributed by atoms with Crippen molar-refractivity contribution in [2.75, 3.05) is 6.54 Å². The van der Waals surface area contributed by atoms with Crippen LogP contribution in [-0.2, 0) is 11.3 Å². The standard InChI is InChI=1S/C11H16BrNO2S/c1-4-13(11(2,3)10(14)15)6-9-5-8(12)7-16-9/h5,7H,4,6H2,1-3H3,(H,14,15). The molecule has 0 bridgehead atoms. The van der Waals surface area contributed by atoms with E-state index in [0.29, 0.717) is 6.54 Å². The van der Waals surface area contributed by atoms with E-state index < -0.39 is 11.5 Å². The van der Waals surface area contributed by atoms with Gasteiger partial charge in [0.2, 0.25) is 0 Å². The third kappa shape index (κ3) is 3.06. The number of hydrogen-bond donors (Lipinski definition) is 1. The molecule has 5 heteroatoms. The fourth-order valence-electron chi connectivity index (χ4n) is 1.46. The Morgan fingerprint density at radius 2 is 2.25 bits per heavy atom. The number of thiophene rings is 1. The van der Waals surface area contributed by atoms with Gasteiger partial charge < -0.3 is 5.11 Å². The molecule has 0 unspecified atom stereocenters. The molecule has 16 heavy (non-hydrogen) atoms. The molecular formula is C11H16BrNO2S. The van der Waals surface area contributed by atoms with Crippen LogP contribution in [0.25, 0.3) is 0 Å². The van der Waals surface area contributed by atoms with Crippen molar-refractivity contribution >= 4 is 33.2 Å². The molecule has 90 valence electrons. The molecule has 0 saturated heterocycles. The van der Waals surface area contributed by atoms with E-state index in [0.717, 1.165) is 11.0 Å². The summed E-state index contributed by atoms with van der Waals surface area (Å²) < 4.78 is 1.05. The maximum absolute atomic E-state index is 11.2. The summed E-state index contributed by atoms with van der Waals surface area (Å²) in [4.78, 5) is 14.3. The Labute approximate surface area is 108 Å². The van der Waals surface area contributed by atoms with Crippen LogP contribution >= 0.6 is 27.3 Å². The van der Waals surface area contributed by atoms with Crippen molar-refractivity contribution in [1.29, 1.82) is 0 Å². The highest BCUT2D eigenvalue weighted by molar-refractivity contribution is 9.10. The molecule has 0 radical (unpaired) electrons. The van der Waals surface area contributed by atoms with Gasteiger partial charge in [-0.1, -0.05) is 6.92 Å². The van der Waals surface area contributed by atoms with E-state index in [1.165, 1.54) is 4.88 Å². The molecule has 3 nitrogen and oxygen atoms in total. The summed E-state index contributed by atoms with van der Waals surface area (Å²) >= 11 is 5.04. The van der Waals surface area contributed by atoms with Gasteiger partial charge in [0.1, 0.15) is 5.54 Å². The Balaban J connectivity index is 2.80. The zero-order valence-corrected chi connectivity index (χ0v) is 12.1. The van der Waals surface area contributed by atoms with Crippen molar-refractivity contribution < 1.29 is 9.90 Å². The number of halogens is 1. The number of carboxylic acid groups (broad SMARTS) is 1. The van der Waals surface area contributed by atoms with E-state index in [-0.39, 0.29) is 0 Å². The van der Waals surface area contributed by atoms with Crippen molar-refractivity contribution in [1.82, 2.24) is 4.90 Å². The van der Waals surface area contributed by atoms with E-state index in [1.54, 1.807) is 25.2 Å². The van der Waals surface area contributed by atoms with E-state index in [1.807, 2.05) is 23.3 Å². The van der Waals surface area contributed by atoms with Crippen LogP contribution in [0.1, 0.15) is 25.6 Å². The van der Waals surface area contributed by atoms with Crippen LogP contribution < -0.4 is 0 Å². The summed E-state index contributed by atoms with van der Waals surface area (Å²) in [6.07, 6.45) is 0. The lowest BCUT2D eigenvalue weighted by atomic mass is 10.0. The van der Waals surface area contributed by atoms with Gasteiger partial charge in [0.15, 0.2) is 0 Å². The maximum atomic E-state index is 11.2. The quantitative estimate of drug-likeness (QED) is 0.908. The highest BCUT2D eigenvalue weighted by atomic mass is 79.9. The Morgan fingerprint density at radius 3 is 2.62 bits per heavy atom. The number of rotatable bonds is 5. The number of carboxylic acids is 1. The van der Waals surface area contributed by atoms with Crippen molar-refractivity contribution in [2.45, 2.75) is 32.9 Å². The first kappa shape index (κ1) is 13.7. The molecule has 1 aromatic rings. The van der Waals surface area contributed by atoms with E-state index in [9.17, 15) is 9.90 Å². The topological polar surface area (TPSA) is 40.5 Å². The van der Waals surface area contributed by atoms with Crippen molar-refractivity contribution in [3.8, 4) is 0 Å². The molecule has 1 rings (SSSR count). The van der Waals surface area contributed by atoms with Crippen LogP contribution in [0.15, 0.2) is 15.9 Å². The first-order valence-corrected chi connectivity index (χ1v) is 6.76. The van der Waals surface area contributed by atoms with Crippen LogP contribution in [0.3, 0.4) is 0 Å². The number of likely N-dealkylation sites (N-methyl/N-ethyl adjacent to an activating group) is 1. The number of nitrogens with zero attached hydrogens (tertiary/aromatic N) is 1. The lowest BCUT2D eigenvalue weighted by Gasteiger charge is -2.33. The van der Waals surface area contributed by atoms with Gasteiger partial charge in [0, 0.05) is 21.3 Å². The van der Waals surface area contributed by atoms with Crippen molar-refractivity contribution in [3.05, 3.63) is 20.8 Å². The minimum absolute atomic E-state index is 0.673. The van der Waals surface area contributed by atoms with E-state index >= 15 is 0 Å². The number of hydrogen-bond acceptors (Lipinski definition) is 3. The van der Waals surface area contributed by atoms with Crippen LogP contribution in [0.2, 0.25) is 0 Å². The molecule has 0 aliphatic heterocycles. The third-order valence-electron chi connectivity index (χ3n) is 2.66. The van der Waals surface area contributed by atoms with Gasteiger partial charge >= 0.3 is 5.97 Å². The van der Waals surface area contributed by atoms with Gasteiger partial charge in [-0.05, 0) is 42.4 Å². The normalized spacial score (nSPS) is 12.1. The fourth-order valence-corrected chi connectivity index (χ4v) is 2.93. The maximum Gasteiger partial charge on any atom is 0.323 e. The van der Waals surface area contributed by atoms with Gasteiger partial charge in [-0.3, -0.25) is 9.69 Å². The summed E-state index contributed by atoms with van der Waals surface area (Å²) in [6.45, 7) is 6.84. The van der Waals surface area contributed by atoms with Crippen LogP contribution in [0.4, 0.5) is 0 Å². The highest BCUT2D eigenvalue weighted by Gasteiger charge is 2.33. The third-order valence-corrected chi connectivity index (χ3v) is 4.35. The minimum Gasteiger partial charge on any atom is -0.480 e. The molecule has 0 aliphatic carbocycles. The molecule has 1 aromatic heterocycles. The smallest absolute Gasteiger partial charge is 0.323 e. The van der Waals surface area contributed by atoms with Gasteiger partial charge in [-0.25, -0.2) is 0 Å². The Morgan fingerprint density at radius 1 is 1.62 bits per heavy atom. The van der Waals surface area contributed by atoms with Crippen LogP contribution in [0.5, 0.6) is 0 Å². The molecule has 0 aliphatic rings. The Hall–Kier alpha value is -0.390. The average Bonchev–Trinajstić information content (AvgIpc) is 2.60. The average molecular weight is 306 g/mol. The Kier molecular flexibility index (Phi) is 4.52. The lowest BCUT2D eigenvalue weighted by molar-refractivity contribution is -0.149. The zero-order valence-electron chi connectivity index (χ0n) is 9.66. The van der Waals surface area contributed by atoms with Crippen LogP contribution in [-0.4, -0.2) is 28.1 Å². The summed E-state index contributed by atoms with van der Waals surface area (Å²) in [5.74, 6) is -0.787. The van der Waals surface area contributed by atoms with E-state index in [2.05, 4.69) is 15.9 Å². The number of carbonyl (C=O) groups is 1. The molecule has 1 N–H and O–H groups in total. The first-order valence-electron chi connectivity index (χ1n) is 5.09. The second-order valence-corrected chi connectivity index (χ2v) is 6.02. The number of aliphatic carboxylic acids is 1. The van der Waals surface area contributed by atoms with Crippen molar-refractivity contribution in [2.24, 2.45) is 0 Å². The minimum atomic E-state index is -0.828. The molecule has 0 aromatic carbocycles. The molecule has 0 saturated carbocycles. The summed E-state index contributed by atoms with van der Waals surface area (Å²) in [6, 6.07) is 2.03. The van der Waals surface area contributed by atoms with Crippen molar-refractivity contribution in [3.63, 3.8) is 0 Å². The molecular weight excluding hydrogens is 290 g/mol. The highest BCUT2D eigenvalue weighted by Crippen LogP contribution is 2.24. The second kappa shape index (κ2) is 5.29. The molecule has 1 heterocycles. The molecule has 0 amide bonds. The largest absolute Gasteiger partial charge is 0.480 e. The molecule has 0 atom stereocenters. The Bertz CT molecular complexity index is 376.